The Morgan fingerprint density at radius 1 is 1.00 bits per heavy atom. The lowest BCUT2D eigenvalue weighted by atomic mass is 10.1. The lowest BCUT2D eigenvalue weighted by Crippen LogP contribution is -2.02. The number of benzene rings is 1. The maximum absolute atomic E-state index is 10.5. The van der Waals surface area contributed by atoms with Crippen LogP contribution in [0.2, 0.25) is 0 Å². The summed E-state index contributed by atoms with van der Waals surface area (Å²) >= 11 is 0. The Bertz CT molecular complexity index is 506. The van der Waals surface area contributed by atoms with Gasteiger partial charge in [0.05, 0.1) is 0 Å². The molecule has 1 aromatic heterocycles. The Labute approximate surface area is 91.0 Å². The fourth-order valence-corrected chi connectivity index (χ4v) is 1.24. The molecule has 5 nitrogen and oxygen atoms in total. The fourth-order valence-electron chi connectivity index (χ4n) is 1.24. The van der Waals surface area contributed by atoms with Gasteiger partial charge < -0.3 is 10.2 Å². The number of hydrogen-bond acceptors (Lipinski definition) is 4. The van der Waals surface area contributed by atoms with E-state index in [1.165, 1.54) is 12.4 Å². The highest BCUT2D eigenvalue weighted by molar-refractivity contribution is 5.83. The van der Waals surface area contributed by atoms with E-state index in [1.54, 1.807) is 24.3 Å². The molecular formula is C11H8N2O3. The van der Waals surface area contributed by atoms with Crippen molar-refractivity contribution in [1.29, 1.82) is 0 Å². The molecule has 2 N–H and O–H groups in total. The number of nitrogens with zero attached hydrogens (tertiary/aromatic N) is 2. The quantitative estimate of drug-likeness (QED) is 0.795. The van der Waals surface area contributed by atoms with Crippen molar-refractivity contribution in [2.24, 2.45) is 0 Å². The van der Waals surface area contributed by atoms with E-state index < -0.39 is 5.97 Å². The first-order valence-corrected chi connectivity index (χ1v) is 4.51. The number of aromatic carboxylic acids is 1. The van der Waals surface area contributed by atoms with E-state index in [4.69, 9.17) is 10.2 Å². The zero-order valence-electron chi connectivity index (χ0n) is 8.16. The number of carboxylic acids is 1. The van der Waals surface area contributed by atoms with Crippen molar-refractivity contribution in [2.45, 2.75) is 0 Å². The molecule has 0 fully saturated rings. The second-order valence-corrected chi connectivity index (χ2v) is 3.15. The van der Waals surface area contributed by atoms with Gasteiger partial charge in [0.1, 0.15) is 5.75 Å². The van der Waals surface area contributed by atoms with Crippen LogP contribution in [0.1, 0.15) is 10.6 Å². The van der Waals surface area contributed by atoms with E-state index in [2.05, 4.69) is 9.97 Å². The lowest BCUT2D eigenvalue weighted by Gasteiger charge is -2.00. The molecule has 0 aliphatic carbocycles. The van der Waals surface area contributed by atoms with Gasteiger partial charge in [-0.15, -0.1) is 0 Å². The summed E-state index contributed by atoms with van der Waals surface area (Å²) in [4.78, 5) is 17.9. The van der Waals surface area contributed by atoms with Crippen molar-refractivity contribution in [1.82, 2.24) is 9.97 Å². The number of phenols is 1. The number of aromatic hydroxyl groups is 1. The molecular weight excluding hydrogens is 208 g/mol. The standard InChI is InChI=1S/C11H8N2O3/c14-9-3-1-7(2-4-9)8-5-12-10(11(15)16)13-6-8/h1-6,14H,(H,15,16). The van der Waals surface area contributed by atoms with Crippen LogP contribution in [-0.4, -0.2) is 26.2 Å². The average molecular weight is 216 g/mol. The molecule has 2 aromatic rings. The van der Waals surface area contributed by atoms with Gasteiger partial charge in [-0.3, -0.25) is 0 Å². The molecule has 0 saturated heterocycles. The Kier molecular flexibility index (Phi) is 2.51. The van der Waals surface area contributed by atoms with Gasteiger partial charge in [0.15, 0.2) is 0 Å². The monoisotopic (exact) mass is 216 g/mol. The first-order valence-electron chi connectivity index (χ1n) is 4.51. The predicted octanol–water partition coefficient (Wildman–Crippen LogP) is 1.55. The van der Waals surface area contributed by atoms with Crippen LogP contribution < -0.4 is 0 Å². The molecule has 2 rings (SSSR count). The van der Waals surface area contributed by atoms with Gasteiger partial charge in [0.2, 0.25) is 5.82 Å². The summed E-state index contributed by atoms with van der Waals surface area (Å²) in [6.07, 6.45) is 2.87. The molecule has 0 amide bonds. The third-order valence-electron chi connectivity index (χ3n) is 2.04. The number of hydrogen-bond donors (Lipinski definition) is 2. The summed E-state index contributed by atoms with van der Waals surface area (Å²) in [5.74, 6) is -1.22. The van der Waals surface area contributed by atoms with Crippen molar-refractivity contribution in [2.75, 3.05) is 0 Å². The van der Waals surface area contributed by atoms with Crippen molar-refractivity contribution in [3.05, 3.63) is 42.5 Å². The van der Waals surface area contributed by atoms with E-state index in [1.807, 2.05) is 0 Å². The molecule has 5 heteroatoms. The molecule has 16 heavy (non-hydrogen) atoms. The zero-order chi connectivity index (χ0) is 11.5. The largest absolute Gasteiger partial charge is 0.508 e. The average Bonchev–Trinajstić information content (AvgIpc) is 2.30. The summed E-state index contributed by atoms with van der Waals surface area (Å²) in [7, 11) is 0. The highest BCUT2D eigenvalue weighted by Crippen LogP contribution is 2.20. The number of rotatable bonds is 2. The first kappa shape index (κ1) is 10.1. The SMILES string of the molecule is O=C(O)c1ncc(-c2ccc(O)cc2)cn1. The summed E-state index contributed by atoms with van der Waals surface area (Å²) in [5.41, 5.74) is 1.51. The minimum absolute atomic E-state index is 0.173. The molecule has 0 atom stereocenters. The van der Waals surface area contributed by atoms with E-state index in [0.717, 1.165) is 5.56 Å². The van der Waals surface area contributed by atoms with Crippen LogP contribution in [0.25, 0.3) is 11.1 Å². The van der Waals surface area contributed by atoms with Crippen molar-refractivity contribution < 1.29 is 15.0 Å². The Morgan fingerprint density at radius 2 is 1.56 bits per heavy atom. The van der Waals surface area contributed by atoms with E-state index in [0.29, 0.717) is 5.56 Å². The topological polar surface area (TPSA) is 83.3 Å². The Hall–Kier alpha value is -2.43. The summed E-state index contributed by atoms with van der Waals surface area (Å²) in [6, 6.07) is 6.49. The number of carbonyl (C=O) groups is 1. The number of aromatic nitrogens is 2. The van der Waals surface area contributed by atoms with Crippen LogP contribution >= 0.6 is 0 Å². The number of carboxylic acid groups (broad SMARTS) is 1. The normalized spacial score (nSPS) is 10.0. The van der Waals surface area contributed by atoms with Gasteiger partial charge in [-0.05, 0) is 17.7 Å². The van der Waals surface area contributed by atoms with Gasteiger partial charge in [-0.2, -0.15) is 0 Å². The molecule has 0 spiro atoms. The van der Waals surface area contributed by atoms with Crippen LogP contribution in [0.4, 0.5) is 0 Å². The van der Waals surface area contributed by atoms with Crippen LogP contribution in [0.5, 0.6) is 5.75 Å². The van der Waals surface area contributed by atoms with Gasteiger partial charge in [0, 0.05) is 18.0 Å². The highest BCUT2D eigenvalue weighted by atomic mass is 16.4. The first-order chi connectivity index (χ1) is 7.66. The highest BCUT2D eigenvalue weighted by Gasteiger charge is 2.06. The van der Waals surface area contributed by atoms with E-state index in [9.17, 15) is 4.79 Å². The van der Waals surface area contributed by atoms with Gasteiger partial charge in [0.25, 0.3) is 0 Å². The third-order valence-corrected chi connectivity index (χ3v) is 2.04. The number of phenolic OH excluding ortho intramolecular Hbond substituents is 1. The van der Waals surface area contributed by atoms with Crippen molar-refractivity contribution in [3.8, 4) is 16.9 Å². The van der Waals surface area contributed by atoms with Crippen LogP contribution in [0, 0.1) is 0 Å². The molecule has 0 radical (unpaired) electrons. The zero-order valence-corrected chi connectivity index (χ0v) is 8.16. The van der Waals surface area contributed by atoms with E-state index >= 15 is 0 Å². The Balaban J connectivity index is 2.34. The smallest absolute Gasteiger partial charge is 0.373 e. The predicted molar refractivity (Wildman–Crippen MR) is 56.1 cm³/mol. The molecule has 0 aliphatic rings. The molecule has 1 heterocycles. The molecule has 0 saturated carbocycles. The molecule has 80 valence electrons. The van der Waals surface area contributed by atoms with Crippen LogP contribution in [0.15, 0.2) is 36.7 Å². The van der Waals surface area contributed by atoms with Crippen LogP contribution in [-0.2, 0) is 0 Å². The van der Waals surface area contributed by atoms with Crippen molar-refractivity contribution in [3.63, 3.8) is 0 Å². The second kappa shape index (κ2) is 3.98. The lowest BCUT2D eigenvalue weighted by molar-refractivity contribution is 0.0683. The maximum Gasteiger partial charge on any atom is 0.373 e. The maximum atomic E-state index is 10.5. The van der Waals surface area contributed by atoms with Gasteiger partial charge >= 0.3 is 5.97 Å². The van der Waals surface area contributed by atoms with E-state index in [-0.39, 0.29) is 11.6 Å². The molecule has 0 unspecified atom stereocenters. The third kappa shape index (κ3) is 1.98. The summed E-state index contributed by atoms with van der Waals surface area (Å²) in [6.45, 7) is 0. The minimum atomic E-state index is -1.16. The fraction of sp³-hybridized carbons (Fsp3) is 0. The van der Waals surface area contributed by atoms with Gasteiger partial charge in [-0.25, -0.2) is 14.8 Å². The van der Waals surface area contributed by atoms with Crippen molar-refractivity contribution >= 4 is 5.97 Å². The second-order valence-electron chi connectivity index (χ2n) is 3.15. The molecule has 0 aliphatic heterocycles. The summed E-state index contributed by atoms with van der Waals surface area (Å²) in [5, 5.41) is 17.7. The van der Waals surface area contributed by atoms with Crippen LogP contribution in [0.3, 0.4) is 0 Å². The molecule has 0 bridgehead atoms. The minimum Gasteiger partial charge on any atom is -0.508 e. The summed E-state index contributed by atoms with van der Waals surface area (Å²) < 4.78 is 0. The molecule has 1 aromatic carbocycles. The van der Waals surface area contributed by atoms with Gasteiger partial charge in [-0.1, -0.05) is 12.1 Å². The Morgan fingerprint density at radius 3 is 2.06 bits per heavy atom.